The summed E-state index contributed by atoms with van der Waals surface area (Å²) in [5.41, 5.74) is 1.46. The molecule has 1 saturated heterocycles. The average molecular weight is 348 g/mol. The molecule has 1 unspecified atom stereocenters. The summed E-state index contributed by atoms with van der Waals surface area (Å²) in [4.78, 5) is 29.9. The van der Waals surface area contributed by atoms with Crippen LogP contribution in [0.1, 0.15) is 29.2 Å². The molecule has 1 amide bonds. The van der Waals surface area contributed by atoms with Crippen LogP contribution in [0.15, 0.2) is 65.7 Å². The molecular weight excluding hydrogens is 328 g/mol. The third-order valence-electron chi connectivity index (χ3n) is 4.81. The van der Waals surface area contributed by atoms with E-state index < -0.39 is 0 Å². The Hall–Kier alpha value is -3.15. The second kappa shape index (κ2) is 7.00. The maximum absolute atomic E-state index is 12.9. The van der Waals surface area contributed by atoms with Crippen LogP contribution < -0.4 is 5.56 Å². The Labute approximate surface area is 151 Å². The molecule has 0 radical (unpaired) electrons. The van der Waals surface area contributed by atoms with Crippen LogP contribution in [0.5, 0.6) is 0 Å². The fraction of sp³-hybridized carbons (Fsp3) is 0.250. The number of amides is 1. The Balaban J connectivity index is 1.55. The lowest BCUT2D eigenvalue weighted by molar-refractivity contribution is 0.0671. The molecule has 3 heterocycles. The van der Waals surface area contributed by atoms with Crippen LogP contribution >= 0.6 is 0 Å². The summed E-state index contributed by atoms with van der Waals surface area (Å²) in [6.07, 6.45) is 5.54. The summed E-state index contributed by atoms with van der Waals surface area (Å²) in [6, 6.07) is 15.1. The molecule has 0 spiro atoms. The summed E-state index contributed by atoms with van der Waals surface area (Å²) >= 11 is 0. The van der Waals surface area contributed by atoms with Gasteiger partial charge in [-0.3, -0.25) is 14.3 Å². The standard InChI is InChI=1S/C20H20N4O2/c25-19-17(9-10-18(22-19)15-6-2-1-3-7-15)20(26)23-12-4-8-16(14-23)24-13-5-11-21-24/h1-3,5-7,9-11,13,16H,4,8,12,14H2,(H,22,25). The molecule has 0 aliphatic carbocycles. The van der Waals surface area contributed by atoms with E-state index in [0.717, 1.165) is 18.4 Å². The maximum atomic E-state index is 12.9. The lowest BCUT2D eigenvalue weighted by atomic mass is 10.0. The Bertz CT molecular complexity index is 947. The highest BCUT2D eigenvalue weighted by Gasteiger charge is 2.27. The average Bonchev–Trinajstić information content (AvgIpc) is 3.23. The fourth-order valence-electron chi connectivity index (χ4n) is 3.45. The molecule has 26 heavy (non-hydrogen) atoms. The summed E-state index contributed by atoms with van der Waals surface area (Å²) in [5, 5.41) is 4.28. The number of carbonyl (C=O) groups excluding carboxylic acids is 1. The number of likely N-dealkylation sites (tertiary alicyclic amines) is 1. The monoisotopic (exact) mass is 348 g/mol. The fourth-order valence-corrected chi connectivity index (χ4v) is 3.45. The minimum Gasteiger partial charge on any atom is -0.336 e. The van der Waals surface area contributed by atoms with Gasteiger partial charge in [0, 0.05) is 31.2 Å². The van der Waals surface area contributed by atoms with E-state index in [1.54, 1.807) is 23.2 Å². The Morgan fingerprint density at radius 3 is 2.69 bits per heavy atom. The van der Waals surface area contributed by atoms with E-state index in [-0.39, 0.29) is 23.1 Å². The van der Waals surface area contributed by atoms with Crippen LogP contribution in [0.3, 0.4) is 0 Å². The van der Waals surface area contributed by atoms with Gasteiger partial charge >= 0.3 is 0 Å². The zero-order chi connectivity index (χ0) is 17.9. The molecule has 1 fully saturated rings. The van der Waals surface area contributed by atoms with E-state index in [1.165, 1.54) is 0 Å². The quantitative estimate of drug-likeness (QED) is 0.791. The summed E-state index contributed by atoms with van der Waals surface area (Å²) in [5.74, 6) is -0.220. The Morgan fingerprint density at radius 2 is 1.96 bits per heavy atom. The molecule has 1 aliphatic heterocycles. The van der Waals surface area contributed by atoms with Gasteiger partial charge in [0.05, 0.1) is 6.04 Å². The molecule has 0 saturated carbocycles. The highest BCUT2D eigenvalue weighted by atomic mass is 16.2. The Kier molecular flexibility index (Phi) is 4.39. The predicted octanol–water partition coefficient (Wildman–Crippen LogP) is 2.72. The van der Waals surface area contributed by atoms with Gasteiger partial charge in [0.1, 0.15) is 5.56 Å². The third kappa shape index (κ3) is 3.18. The van der Waals surface area contributed by atoms with E-state index in [4.69, 9.17) is 0 Å². The minimum atomic E-state index is -0.349. The highest BCUT2D eigenvalue weighted by Crippen LogP contribution is 2.22. The first kappa shape index (κ1) is 16.3. The second-order valence-electron chi connectivity index (χ2n) is 6.51. The van der Waals surface area contributed by atoms with Crippen molar-refractivity contribution in [3.05, 3.63) is 76.8 Å². The first-order chi connectivity index (χ1) is 12.7. The molecule has 3 aromatic rings. The summed E-state index contributed by atoms with van der Waals surface area (Å²) in [7, 11) is 0. The molecule has 132 valence electrons. The normalized spacial score (nSPS) is 17.2. The second-order valence-corrected chi connectivity index (χ2v) is 6.51. The van der Waals surface area contributed by atoms with Crippen molar-refractivity contribution in [1.82, 2.24) is 19.7 Å². The molecule has 4 rings (SSSR count). The number of benzene rings is 1. The third-order valence-corrected chi connectivity index (χ3v) is 4.81. The summed E-state index contributed by atoms with van der Waals surface area (Å²) in [6.45, 7) is 1.23. The number of nitrogens with one attached hydrogen (secondary N) is 1. The van der Waals surface area contributed by atoms with Crippen LogP contribution in [0.25, 0.3) is 11.3 Å². The molecular formula is C20H20N4O2. The summed E-state index contributed by atoms with van der Waals surface area (Å²) < 4.78 is 1.89. The number of rotatable bonds is 3. The lowest BCUT2D eigenvalue weighted by Gasteiger charge is -2.32. The molecule has 1 atom stereocenters. The van der Waals surface area contributed by atoms with Crippen LogP contribution in [-0.4, -0.2) is 38.7 Å². The van der Waals surface area contributed by atoms with Gasteiger partial charge in [0.25, 0.3) is 11.5 Å². The van der Waals surface area contributed by atoms with Crippen molar-refractivity contribution in [3.8, 4) is 11.3 Å². The van der Waals surface area contributed by atoms with Gasteiger partial charge in [0.15, 0.2) is 0 Å². The molecule has 0 bridgehead atoms. The lowest BCUT2D eigenvalue weighted by Crippen LogP contribution is -2.42. The van der Waals surface area contributed by atoms with Gasteiger partial charge in [-0.05, 0) is 36.6 Å². The van der Waals surface area contributed by atoms with E-state index >= 15 is 0 Å². The van der Waals surface area contributed by atoms with Gasteiger partial charge in [-0.2, -0.15) is 5.10 Å². The van der Waals surface area contributed by atoms with Gasteiger partial charge in [-0.15, -0.1) is 0 Å². The van der Waals surface area contributed by atoms with Crippen molar-refractivity contribution in [2.75, 3.05) is 13.1 Å². The smallest absolute Gasteiger partial charge is 0.261 e. The number of aromatic nitrogens is 3. The van der Waals surface area contributed by atoms with Crippen molar-refractivity contribution in [1.29, 1.82) is 0 Å². The first-order valence-corrected chi connectivity index (χ1v) is 8.79. The number of H-pyrrole nitrogens is 1. The van der Waals surface area contributed by atoms with Crippen molar-refractivity contribution in [3.63, 3.8) is 0 Å². The zero-order valence-corrected chi connectivity index (χ0v) is 14.3. The van der Waals surface area contributed by atoms with Gasteiger partial charge in [0.2, 0.25) is 0 Å². The van der Waals surface area contributed by atoms with Gasteiger partial charge in [-0.25, -0.2) is 0 Å². The number of hydrogen-bond donors (Lipinski definition) is 1. The predicted molar refractivity (Wildman–Crippen MR) is 98.9 cm³/mol. The number of piperidine rings is 1. The zero-order valence-electron chi connectivity index (χ0n) is 14.3. The molecule has 1 N–H and O–H groups in total. The van der Waals surface area contributed by atoms with Crippen molar-refractivity contribution >= 4 is 5.91 Å². The topological polar surface area (TPSA) is 71.0 Å². The van der Waals surface area contributed by atoms with Crippen LogP contribution in [0, 0.1) is 0 Å². The van der Waals surface area contributed by atoms with Crippen molar-refractivity contribution in [2.45, 2.75) is 18.9 Å². The molecule has 1 aliphatic rings. The van der Waals surface area contributed by atoms with Crippen molar-refractivity contribution in [2.24, 2.45) is 0 Å². The number of hydrogen-bond acceptors (Lipinski definition) is 3. The van der Waals surface area contributed by atoms with E-state index in [2.05, 4.69) is 10.1 Å². The largest absolute Gasteiger partial charge is 0.336 e. The number of nitrogens with zero attached hydrogens (tertiary/aromatic N) is 3. The van der Waals surface area contributed by atoms with Crippen LogP contribution in [0.4, 0.5) is 0 Å². The van der Waals surface area contributed by atoms with Crippen molar-refractivity contribution < 1.29 is 4.79 Å². The van der Waals surface area contributed by atoms with Gasteiger partial charge < -0.3 is 9.88 Å². The van der Waals surface area contributed by atoms with E-state index in [0.29, 0.717) is 18.8 Å². The number of carbonyl (C=O) groups is 1. The number of pyridine rings is 1. The molecule has 1 aromatic carbocycles. The first-order valence-electron chi connectivity index (χ1n) is 8.79. The van der Waals surface area contributed by atoms with Gasteiger partial charge in [-0.1, -0.05) is 30.3 Å². The highest BCUT2D eigenvalue weighted by molar-refractivity contribution is 5.94. The van der Waals surface area contributed by atoms with E-state index in [1.807, 2.05) is 47.3 Å². The minimum absolute atomic E-state index is 0.158. The Morgan fingerprint density at radius 1 is 1.12 bits per heavy atom. The van der Waals surface area contributed by atoms with Crippen LogP contribution in [0.2, 0.25) is 0 Å². The molecule has 6 nitrogen and oxygen atoms in total. The van der Waals surface area contributed by atoms with Crippen LogP contribution in [-0.2, 0) is 0 Å². The van der Waals surface area contributed by atoms with E-state index in [9.17, 15) is 9.59 Å². The molecule has 6 heteroatoms. The number of aromatic amines is 1. The SMILES string of the molecule is O=C(c1ccc(-c2ccccc2)[nH]c1=O)N1CCCC(n2cccn2)C1. The molecule has 2 aromatic heterocycles. The maximum Gasteiger partial charge on any atom is 0.261 e.